The first-order valence-electron chi connectivity index (χ1n) is 9.39. The Morgan fingerprint density at radius 2 is 1.70 bits per heavy atom. The van der Waals surface area contributed by atoms with Gasteiger partial charge < -0.3 is 10.1 Å². The number of anilines is 1. The molecule has 10 heteroatoms. The molecule has 3 amide bonds. The molecule has 2 N–H and O–H groups in total. The highest BCUT2D eigenvalue weighted by molar-refractivity contribution is 6.07. The van der Waals surface area contributed by atoms with Crippen LogP contribution in [0, 0.1) is 12.7 Å². The van der Waals surface area contributed by atoms with Crippen LogP contribution >= 0.6 is 0 Å². The molecule has 0 spiro atoms. The molecule has 0 fully saturated rings. The maximum atomic E-state index is 13.4. The van der Waals surface area contributed by atoms with Gasteiger partial charge >= 0.3 is 6.18 Å². The fourth-order valence-electron chi connectivity index (χ4n) is 2.89. The lowest BCUT2D eigenvalue weighted by Crippen LogP contribution is -2.21. The van der Waals surface area contributed by atoms with E-state index >= 15 is 0 Å². The summed E-state index contributed by atoms with van der Waals surface area (Å²) in [5.74, 6) is -2.40. The Labute approximate surface area is 185 Å². The van der Waals surface area contributed by atoms with Crippen LogP contribution in [-0.2, 0) is 11.0 Å². The highest BCUT2D eigenvalue weighted by atomic mass is 19.4. The second kappa shape index (κ2) is 9.51. The number of nitrogens with one attached hydrogen (secondary N) is 2. The van der Waals surface area contributed by atoms with Crippen molar-refractivity contribution in [1.82, 2.24) is 5.32 Å². The summed E-state index contributed by atoms with van der Waals surface area (Å²) in [6.07, 6.45) is -4.48. The van der Waals surface area contributed by atoms with Gasteiger partial charge in [0.1, 0.15) is 17.3 Å². The molecule has 0 unspecified atom stereocenters. The van der Waals surface area contributed by atoms with E-state index in [9.17, 15) is 31.9 Å². The summed E-state index contributed by atoms with van der Waals surface area (Å²) in [6.45, 7) is 1.50. The van der Waals surface area contributed by atoms with Crippen molar-refractivity contribution in [2.75, 3.05) is 5.32 Å². The number of imide groups is 1. The van der Waals surface area contributed by atoms with Crippen LogP contribution in [0.25, 0.3) is 0 Å². The quantitative estimate of drug-likeness (QED) is 0.397. The second-order valence-electron chi connectivity index (χ2n) is 6.85. The number of halogens is 4. The van der Waals surface area contributed by atoms with Gasteiger partial charge in [0.25, 0.3) is 11.8 Å². The lowest BCUT2D eigenvalue weighted by Gasteiger charge is -2.16. The summed E-state index contributed by atoms with van der Waals surface area (Å²) in [5, 5.41) is 4.43. The van der Waals surface area contributed by atoms with Crippen molar-refractivity contribution in [3.63, 3.8) is 0 Å². The lowest BCUT2D eigenvalue weighted by molar-refractivity contribution is -0.137. The number of ether oxygens (including phenoxy) is 1. The van der Waals surface area contributed by atoms with Gasteiger partial charge in [-0.05, 0) is 67.1 Å². The molecule has 0 saturated heterocycles. The average Bonchev–Trinajstić information content (AvgIpc) is 2.75. The molecule has 0 heterocycles. The minimum atomic E-state index is -4.69. The second-order valence-corrected chi connectivity index (χ2v) is 6.85. The Morgan fingerprint density at radius 3 is 2.36 bits per heavy atom. The van der Waals surface area contributed by atoms with Crippen LogP contribution in [0.4, 0.5) is 23.2 Å². The van der Waals surface area contributed by atoms with Crippen LogP contribution in [0.5, 0.6) is 11.5 Å². The first-order chi connectivity index (χ1) is 15.6. The molecule has 0 aromatic heterocycles. The van der Waals surface area contributed by atoms with Crippen LogP contribution in [0.3, 0.4) is 0 Å². The van der Waals surface area contributed by atoms with E-state index in [1.54, 1.807) is 0 Å². The molecule has 0 atom stereocenters. The number of amides is 3. The smallest absolute Gasteiger partial charge is 0.416 e. The third kappa shape index (κ3) is 5.73. The summed E-state index contributed by atoms with van der Waals surface area (Å²) in [4.78, 5) is 35.1. The van der Waals surface area contributed by atoms with Crippen LogP contribution in [0.1, 0.15) is 31.8 Å². The number of aryl methyl sites for hydroxylation is 1. The molecule has 0 radical (unpaired) electrons. The van der Waals surface area contributed by atoms with Gasteiger partial charge in [-0.15, -0.1) is 0 Å². The van der Waals surface area contributed by atoms with Gasteiger partial charge in [-0.3, -0.25) is 19.7 Å². The third-order valence-corrected chi connectivity index (χ3v) is 4.48. The Bertz CT molecular complexity index is 1230. The molecule has 0 aliphatic heterocycles. The Balaban J connectivity index is 1.96. The maximum absolute atomic E-state index is 13.4. The number of carbonyl (C=O) groups is 3. The number of carbonyl (C=O) groups excluding carboxylic acids is 3. The van der Waals surface area contributed by atoms with Crippen molar-refractivity contribution < 1.29 is 36.7 Å². The molecule has 0 aliphatic rings. The predicted molar refractivity (Wildman–Crippen MR) is 111 cm³/mol. The minimum Gasteiger partial charge on any atom is -0.456 e. The first kappa shape index (κ1) is 23.5. The van der Waals surface area contributed by atoms with Crippen LogP contribution < -0.4 is 15.4 Å². The summed E-state index contributed by atoms with van der Waals surface area (Å²) < 4.78 is 58.6. The van der Waals surface area contributed by atoms with E-state index < -0.39 is 35.1 Å². The molecule has 170 valence electrons. The SMILES string of the molecule is Cc1cc(F)ccc1Oc1cc(C(F)(F)F)ccc1C(=O)Nc1cccc(C(=O)NC=O)c1. The van der Waals surface area contributed by atoms with E-state index in [1.165, 1.54) is 37.3 Å². The molecule has 0 aliphatic carbocycles. The fraction of sp³-hybridized carbons (Fsp3) is 0.0870. The minimum absolute atomic E-state index is 0.0669. The maximum Gasteiger partial charge on any atom is 0.416 e. The Hall–Kier alpha value is -4.21. The van der Waals surface area contributed by atoms with Crippen molar-refractivity contribution in [2.45, 2.75) is 13.1 Å². The fourth-order valence-corrected chi connectivity index (χ4v) is 2.89. The van der Waals surface area contributed by atoms with Crippen molar-refractivity contribution in [1.29, 1.82) is 0 Å². The predicted octanol–water partition coefficient (Wildman–Crippen LogP) is 5.08. The first-order valence-corrected chi connectivity index (χ1v) is 9.39. The molecule has 0 saturated carbocycles. The largest absolute Gasteiger partial charge is 0.456 e. The third-order valence-electron chi connectivity index (χ3n) is 4.48. The van der Waals surface area contributed by atoms with Gasteiger partial charge in [-0.1, -0.05) is 6.07 Å². The van der Waals surface area contributed by atoms with E-state index in [1.807, 2.05) is 5.32 Å². The van der Waals surface area contributed by atoms with Gasteiger partial charge in [0.05, 0.1) is 11.1 Å². The van der Waals surface area contributed by atoms with E-state index in [0.717, 1.165) is 24.3 Å². The van der Waals surface area contributed by atoms with E-state index in [-0.39, 0.29) is 29.0 Å². The van der Waals surface area contributed by atoms with Crippen molar-refractivity contribution in [3.05, 3.63) is 88.7 Å². The Kier molecular flexibility index (Phi) is 6.76. The van der Waals surface area contributed by atoms with Crippen molar-refractivity contribution >= 4 is 23.9 Å². The summed E-state index contributed by atoms with van der Waals surface area (Å²) >= 11 is 0. The van der Waals surface area contributed by atoms with E-state index in [4.69, 9.17) is 4.74 Å². The van der Waals surface area contributed by atoms with Gasteiger partial charge in [0.2, 0.25) is 6.41 Å². The summed E-state index contributed by atoms with van der Waals surface area (Å²) in [7, 11) is 0. The van der Waals surface area contributed by atoms with Crippen LogP contribution in [-0.4, -0.2) is 18.2 Å². The molecule has 3 rings (SSSR count). The zero-order valence-electron chi connectivity index (χ0n) is 17.0. The van der Waals surface area contributed by atoms with Crippen LogP contribution in [0.2, 0.25) is 0 Å². The zero-order valence-corrected chi connectivity index (χ0v) is 17.0. The van der Waals surface area contributed by atoms with Crippen molar-refractivity contribution in [3.8, 4) is 11.5 Å². The van der Waals surface area contributed by atoms with E-state index in [0.29, 0.717) is 11.6 Å². The number of rotatable bonds is 6. The van der Waals surface area contributed by atoms with Gasteiger partial charge in [-0.25, -0.2) is 4.39 Å². The molecular weight excluding hydrogens is 444 g/mol. The molecule has 0 bridgehead atoms. The zero-order chi connectivity index (χ0) is 24.2. The monoisotopic (exact) mass is 460 g/mol. The number of hydrogen-bond donors (Lipinski definition) is 2. The summed E-state index contributed by atoms with van der Waals surface area (Å²) in [5.41, 5.74) is -0.725. The highest BCUT2D eigenvalue weighted by Gasteiger charge is 2.32. The lowest BCUT2D eigenvalue weighted by atomic mass is 10.1. The summed E-state index contributed by atoms with van der Waals surface area (Å²) in [6, 6.07) is 11.4. The topological polar surface area (TPSA) is 84.5 Å². The van der Waals surface area contributed by atoms with Gasteiger partial charge in [0.15, 0.2) is 0 Å². The molecule has 3 aromatic carbocycles. The van der Waals surface area contributed by atoms with E-state index in [2.05, 4.69) is 5.32 Å². The molecular formula is C23H16F4N2O4. The van der Waals surface area contributed by atoms with Gasteiger partial charge in [0, 0.05) is 11.3 Å². The van der Waals surface area contributed by atoms with Crippen molar-refractivity contribution in [2.24, 2.45) is 0 Å². The standard InChI is InChI=1S/C23H16F4N2O4/c1-13-9-16(24)6-8-19(13)33-20-11-15(23(25,26)27)5-7-18(20)22(32)29-17-4-2-3-14(10-17)21(31)28-12-30/h2-12H,1H3,(H,29,32)(H,28,30,31). The highest BCUT2D eigenvalue weighted by Crippen LogP contribution is 2.36. The number of benzene rings is 3. The Morgan fingerprint density at radius 1 is 0.939 bits per heavy atom. The molecule has 6 nitrogen and oxygen atoms in total. The van der Waals surface area contributed by atoms with Crippen LogP contribution in [0.15, 0.2) is 60.7 Å². The molecule has 3 aromatic rings. The number of hydrogen-bond acceptors (Lipinski definition) is 4. The van der Waals surface area contributed by atoms with Gasteiger partial charge in [-0.2, -0.15) is 13.2 Å². The normalized spacial score (nSPS) is 10.9. The molecule has 33 heavy (non-hydrogen) atoms. The average molecular weight is 460 g/mol. The number of alkyl halides is 3.